The highest BCUT2D eigenvalue weighted by atomic mass is 32.2. The molecule has 1 unspecified atom stereocenters. The quantitative estimate of drug-likeness (QED) is 0.356. The van der Waals surface area contributed by atoms with E-state index in [1.165, 1.54) is 27.1 Å². The predicted octanol–water partition coefficient (Wildman–Crippen LogP) is 3.76. The maximum atomic E-state index is 12.5. The molecule has 0 radical (unpaired) electrons. The average Bonchev–Trinajstić information content (AvgIpc) is 3.24. The second-order valence-electron chi connectivity index (χ2n) is 8.03. The normalized spacial score (nSPS) is 18.2. The van der Waals surface area contributed by atoms with E-state index in [-0.39, 0.29) is 17.9 Å². The Morgan fingerprint density at radius 2 is 1.94 bits per heavy atom. The minimum atomic E-state index is -0.247. The lowest BCUT2D eigenvalue weighted by atomic mass is 9.96. The van der Waals surface area contributed by atoms with E-state index in [1.807, 2.05) is 0 Å². The van der Waals surface area contributed by atoms with Gasteiger partial charge in [-0.1, -0.05) is 37.7 Å². The van der Waals surface area contributed by atoms with Crippen LogP contribution in [0.3, 0.4) is 0 Å². The van der Waals surface area contributed by atoms with Gasteiger partial charge < -0.3 is 10.5 Å². The SMILES string of the molecule is CC(C)C1Cc2c(sc3nc(SCCN4C(=O)c5ccccc5C4=O)nc(N)c23)CO1. The molecule has 2 aromatic heterocycles. The van der Waals surface area contributed by atoms with Gasteiger partial charge in [-0.2, -0.15) is 0 Å². The highest BCUT2D eigenvalue weighted by Gasteiger charge is 2.34. The molecule has 31 heavy (non-hydrogen) atoms. The Morgan fingerprint density at radius 3 is 2.61 bits per heavy atom. The molecule has 4 heterocycles. The van der Waals surface area contributed by atoms with E-state index in [0.29, 0.717) is 46.9 Å². The molecule has 2 aliphatic rings. The zero-order valence-corrected chi connectivity index (χ0v) is 18.9. The van der Waals surface area contributed by atoms with Crippen molar-refractivity contribution in [2.24, 2.45) is 5.92 Å². The molecule has 5 rings (SSSR count). The first-order valence-electron chi connectivity index (χ1n) is 10.2. The summed E-state index contributed by atoms with van der Waals surface area (Å²) in [6, 6.07) is 6.91. The van der Waals surface area contributed by atoms with Crippen molar-refractivity contribution in [3.8, 4) is 0 Å². The number of nitrogens with zero attached hydrogens (tertiary/aromatic N) is 3. The van der Waals surface area contributed by atoms with Crippen LogP contribution in [0.1, 0.15) is 45.0 Å². The molecule has 0 saturated carbocycles. The van der Waals surface area contributed by atoms with Gasteiger partial charge in [-0.15, -0.1) is 11.3 Å². The molecule has 0 aliphatic carbocycles. The van der Waals surface area contributed by atoms with Crippen molar-refractivity contribution in [2.75, 3.05) is 18.0 Å². The van der Waals surface area contributed by atoms with Gasteiger partial charge in [0.25, 0.3) is 11.8 Å². The van der Waals surface area contributed by atoms with Crippen LogP contribution in [0.2, 0.25) is 0 Å². The van der Waals surface area contributed by atoms with Crippen LogP contribution in [-0.2, 0) is 17.8 Å². The fraction of sp³-hybridized carbons (Fsp3) is 0.364. The van der Waals surface area contributed by atoms with Crippen molar-refractivity contribution in [3.05, 3.63) is 45.8 Å². The maximum Gasteiger partial charge on any atom is 0.261 e. The first-order valence-corrected chi connectivity index (χ1v) is 12.0. The second-order valence-corrected chi connectivity index (χ2v) is 10.2. The van der Waals surface area contributed by atoms with E-state index >= 15 is 0 Å². The zero-order valence-electron chi connectivity index (χ0n) is 17.3. The van der Waals surface area contributed by atoms with Crippen LogP contribution in [-0.4, -0.2) is 45.1 Å². The number of rotatable bonds is 5. The molecular formula is C22H22N4O3S2. The minimum Gasteiger partial charge on any atom is -0.383 e. The van der Waals surface area contributed by atoms with Gasteiger partial charge in [0.2, 0.25) is 0 Å². The number of ether oxygens (including phenoxy) is 1. The Hall–Kier alpha value is -2.49. The number of carbonyl (C=O) groups excluding carboxylic acids is 2. The van der Waals surface area contributed by atoms with Crippen LogP contribution < -0.4 is 5.73 Å². The van der Waals surface area contributed by atoms with Gasteiger partial charge >= 0.3 is 0 Å². The molecule has 0 spiro atoms. The second kappa shape index (κ2) is 7.89. The largest absolute Gasteiger partial charge is 0.383 e. The number of thiophene rings is 1. The first-order chi connectivity index (χ1) is 14.9. The summed E-state index contributed by atoms with van der Waals surface area (Å²) in [6.45, 7) is 5.20. The van der Waals surface area contributed by atoms with Crippen LogP contribution in [0.4, 0.5) is 5.82 Å². The molecule has 1 aromatic carbocycles. The van der Waals surface area contributed by atoms with E-state index in [9.17, 15) is 9.59 Å². The van der Waals surface area contributed by atoms with Gasteiger partial charge in [-0.3, -0.25) is 14.5 Å². The maximum absolute atomic E-state index is 12.5. The van der Waals surface area contributed by atoms with Crippen LogP contribution in [0, 0.1) is 5.92 Å². The fourth-order valence-electron chi connectivity index (χ4n) is 4.05. The minimum absolute atomic E-state index is 0.179. The summed E-state index contributed by atoms with van der Waals surface area (Å²) in [6.07, 6.45) is 1.01. The molecule has 7 nitrogen and oxygen atoms in total. The van der Waals surface area contributed by atoms with Crippen molar-refractivity contribution in [2.45, 2.75) is 38.1 Å². The molecule has 160 valence electrons. The number of thioether (sulfide) groups is 1. The molecular weight excluding hydrogens is 432 g/mol. The lowest BCUT2D eigenvalue weighted by Crippen LogP contribution is -2.31. The lowest BCUT2D eigenvalue weighted by molar-refractivity contribution is 0.00202. The topological polar surface area (TPSA) is 98.4 Å². The molecule has 0 bridgehead atoms. The van der Waals surface area contributed by atoms with Crippen LogP contribution >= 0.6 is 23.1 Å². The molecule has 0 saturated heterocycles. The number of nitrogen functional groups attached to an aromatic ring is 1. The van der Waals surface area contributed by atoms with Crippen LogP contribution in [0.5, 0.6) is 0 Å². The van der Waals surface area contributed by atoms with E-state index in [1.54, 1.807) is 35.6 Å². The summed E-state index contributed by atoms with van der Waals surface area (Å²) in [5.41, 5.74) is 8.47. The number of anilines is 1. The first kappa shape index (κ1) is 20.4. The Bertz CT molecular complexity index is 1170. The van der Waals surface area contributed by atoms with E-state index in [2.05, 4.69) is 18.8 Å². The van der Waals surface area contributed by atoms with Crippen molar-refractivity contribution >= 4 is 50.9 Å². The lowest BCUT2D eigenvalue weighted by Gasteiger charge is -2.26. The Morgan fingerprint density at radius 1 is 1.23 bits per heavy atom. The summed E-state index contributed by atoms with van der Waals surface area (Å²) in [7, 11) is 0. The van der Waals surface area contributed by atoms with Gasteiger partial charge in [0.05, 0.1) is 29.2 Å². The van der Waals surface area contributed by atoms with Crippen molar-refractivity contribution in [3.63, 3.8) is 0 Å². The highest BCUT2D eigenvalue weighted by molar-refractivity contribution is 7.99. The molecule has 3 aromatic rings. The third kappa shape index (κ3) is 3.50. The van der Waals surface area contributed by atoms with Gasteiger partial charge in [0.15, 0.2) is 5.16 Å². The Labute approximate surface area is 188 Å². The van der Waals surface area contributed by atoms with Crippen LogP contribution in [0.25, 0.3) is 10.2 Å². The van der Waals surface area contributed by atoms with Gasteiger partial charge in [-0.05, 0) is 23.6 Å². The molecule has 0 fully saturated rings. The number of nitrogens with two attached hydrogens (primary N) is 1. The monoisotopic (exact) mass is 454 g/mol. The summed E-state index contributed by atoms with van der Waals surface area (Å²) in [4.78, 5) is 37.5. The van der Waals surface area contributed by atoms with Crippen molar-refractivity contribution < 1.29 is 14.3 Å². The fourth-order valence-corrected chi connectivity index (χ4v) is 6.01. The molecule has 9 heteroatoms. The van der Waals surface area contributed by atoms with Gasteiger partial charge in [-0.25, -0.2) is 9.97 Å². The molecule has 2 amide bonds. The molecule has 1 atom stereocenters. The summed E-state index contributed by atoms with van der Waals surface area (Å²) in [5.74, 6) is 0.919. The van der Waals surface area contributed by atoms with E-state index in [0.717, 1.165) is 16.6 Å². The average molecular weight is 455 g/mol. The smallest absolute Gasteiger partial charge is 0.261 e. The number of aromatic nitrogens is 2. The van der Waals surface area contributed by atoms with Gasteiger partial charge in [0, 0.05) is 23.6 Å². The van der Waals surface area contributed by atoms with Crippen LogP contribution in [0.15, 0.2) is 29.4 Å². The molecule has 2 aliphatic heterocycles. The highest BCUT2D eigenvalue weighted by Crippen LogP contribution is 2.39. The standard InChI is InChI=1S/C22H22N4O3S2/c1-11(2)15-9-14-16(10-29-15)31-19-17(14)18(23)24-22(25-19)30-8-7-26-20(27)12-5-3-4-6-13(12)21(26)28/h3-6,11,15H,7-10H2,1-2H3,(H2,23,24,25). The Balaban J connectivity index is 1.31. The zero-order chi connectivity index (χ0) is 21.7. The van der Waals surface area contributed by atoms with Gasteiger partial charge in [0.1, 0.15) is 10.6 Å². The summed E-state index contributed by atoms with van der Waals surface area (Å²) >= 11 is 3.00. The number of benzene rings is 1. The van der Waals surface area contributed by atoms with E-state index < -0.39 is 0 Å². The third-order valence-corrected chi connectivity index (χ3v) is 7.67. The van der Waals surface area contributed by atoms with Crippen molar-refractivity contribution in [1.29, 1.82) is 0 Å². The third-order valence-electron chi connectivity index (χ3n) is 5.74. The summed E-state index contributed by atoms with van der Waals surface area (Å²) in [5, 5.41) is 1.50. The number of fused-ring (bicyclic) bond motifs is 4. The van der Waals surface area contributed by atoms with E-state index in [4.69, 9.17) is 15.5 Å². The summed E-state index contributed by atoms with van der Waals surface area (Å²) < 4.78 is 5.98. The number of amides is 2. The number of imide groups is 1. The number of carbonyl (C=O) groups is 2. The van der Waals surface area contributed by atoms with Crippen molar-refractivity contribution in [1.82, 2.24) is 14.9 Å². The number of hydrogen-bond acceptors (Lipinski definition) is 8. The number of hydrogen-bond donors (Lipinski definition) is 1. The Kier molecular flexibility index (Phi) is 5.19. The predicted molar refractivity (Wildman–Crippen MR) is 121 cm³/mol. The molecule has 2 N–H and O–H groups in total.